The van der Waals surface area contributed by atoms with Gasteiger partial charge >= 0.3 is 0 Å². The van der Waals surface area contributed by atoms with Crippen LogP contribution >= 0.6 is 11.6 Å². The third-order valence-corrected chi connectivity index (χ3v) is 3.43. The molecule has 0 amide bonds. The molecule has 0 aliphatic carbocycles. The average Bonchev–Trinajstić information content (AvgIpc) is 2.29. The summed E-state index contributed by atoms with van der Waals surface area (Å²) in [5.74, 6) is 1.61. The lowest BCUT2D eigenvalue weighted by Gasteiger charge is -2.26. The van der Waals surface area contributed by atoms with Crippen LogP contribution in [0.4, 0.5) is 0 Å². The van der Waals surface area contributed by atoms with Gasteiger partial charge in [-0.15, -0.1) is 11.6 Å². The van der Waals surface area contributed by atoms with Crippen LogP contribution in [0, 0.1) is 13.8 Å². The molecule has 1 aromatic carbocycles. The van der Waals surface area contributed by atoms with E-state index in [-0.39, 0.29) is 0 Å². The first kappa shape index (κ1) is 14.3. The standard InChI is InChI=1S/C14H22ClNO/c1-10-8-12(13(6-7-15)16(3)4)14(17-5)9-11(10)2/h8-9,13H,6-7H2,1-5H3. The quantitative estimate of drug-likeness (QED) is 0.747. The fraction of sp³-hybridized carbons (Fsp3) is 0.571. The maximum Gasteiger partial charge on any atom is 0.123 e. The van der Waals surface area contributed by atoms with E-state index in [1.807, 2.05) is 0 Å². The lowest BCUT2D eigenvalue weighted by atomic mass is 9.97. The lowest BCUT2D eigenvalue weighted by molar-refractivity contribution is 0.282. The Morgan fingerprint density at radius 2 is 1.82 bits per heavy atom. The van der Waals surface area contributed by atoms with Crippen LogP contribution in [0.5, 0.6) is 5.75 Å². The van der Waals surface area contributed by atoms with Crippen molar-refractivity contribution in [1.82, 2.24) is 4.90 Å². The van der Waals surface area contributed by atoms with Gasteiger partial charge in [0.15, 0.2) is 0 Å². The number of benzene rings is 1. The molecule has 0 N–H and O–H groups in total. The van der Waals surface area contributed by atoms with Gasteiger partial charge in [0.2, 0.25) is 0 Å². The summed E-state index contributed by atoms with van der Waals surface area (Å²) in [6.07, 6.45) is 0.924. The molecule has 0 aliphatic heterocycles. The summed E-state index contributed by atoms with van der Waals surface area (Å²) in [5, 5.41) is 0. The molecule has 0 radical (unpaired) electrons. The monoisotopic (exact) mass is 255 g/mol. The first-order valence-electron chi connectivity index (χ1n) is 5.88. The van der Waals surface area contributed by atoms with Crippen LogP contribution in [0.3, 0.4) is 0 Å². The van der Waals surface area contributed by atoms with Gasteiger partial charge in [-0.25, -0.2) is 0 Å². The minimum Gasteiger partial charge on any atom is -0.496 e. The van der Waals surface area contributed by atoms with Gasteiger partial charge in [-0.3, -0.25) is 0 Å². The first-order chi connectivity index (χ1) is 8.01. The van der Waals surface area contributed by atoms with E-state index in [9.17, 15) is 0 Å². The van der Waals surface area contributed by atoms with Crippen LogP contribution in [0.2, 0.25) is 0 Å². The van der Waals surface area contributed by atoms with E-state index >= 15 is 0 Å². The lowest BCUT2D eigenvalue weighted by Crippen LogP contribution is -2.21. The van der Waals surface area contributed by atoms with E-state index in [4.69, 9.17) is 16.3 Å². The third kappa shape index (κ3) is 3.36. The summed E-state index contributed by atoms with van der Waals surface area (Å²) in [7, 11) is 5.87. The Hall–Kier alpha value is -0.730. The van der Waals surface area contributed by atoms with Crippen LogP contribution in [0.15, 0.2) is 12.1 Å². The molecule has 0 bridgehead atoms. The molecule has 1 unspecified atom stereocenters. The van der Waals surface area contributed by atoms with Gasteiger partial charge in [-0.1, -0.05) is 6.07 Å². The zero-order valence-electron chi connectivity index (χ0n) is 11.4. The summed E-state index contributed by atoms with van der Waals surface area (Å²) in [6.45, 7) is 4.24. The van der Waals surface area contributed by atoms with Crippen molar-refractivity contribution in [2.45, 2.75) is 26.3 Å². The maximum atomic E-state index is 5.89. The minimum atomic E-state index is 0.307. The second-order valence-electron chi connectivity index (χ2n) is 4.64. The van der Waals surface area contributed by atoms with Crippen molar-refractivity contribution in [3.05, 3.63) is 28.8 Å². The van der Waals surface area contributed by atoms with Gasteiger partial charge < -0.3 is 9.64 Å². The van der Waals surface area contributed by atoms with Gasteiger partial charge in [0, 0.05) is 17.5 Å². The fourth-order valence-electron chi connectivity index (χ4n) is 2.04. The Labute approximate surface area is 110 Å². The maximum absolute atomic E-state index is 5.89. The summed E-state index contributed by atoms with van der Waals surface area (Å²) in [5.41, 5.74) is 3.78. The molecule has 2 nitrogen and oxygen atoms in total. The van der Waals surface area contributed by atoms with Crippen molar-refractivity contribution < 1.29 is 4.74 Å². The van der Waals surface area contributed by atoms with Crippen molar-refractivity contribution >= 4 is 11.6 Å². The van der Waals surface area contributed by atoms with Crippen LogP contribution in [-0.4, -0.2) is 32.0 Å². The molecule has 0 saturated heterocycles. The highest BCUT2D eigenvalue weighted by Crippen LogP contribution is 2.33. The Balaban J connectivity index is 3.21. The van der Waals surface area contributed by atoms with Crippen molar-refractivity contribution in [2.75, 3.05) is 27.1 Å². The van der Waals surface area contributed by atoms with Crippen molar-refractivity contribution in [3.8, 4) is 5.75 Å². The largest absolute Gasteiger partial charge is 0.496 e. The summed E-state index contributed by atoms with van der Waals surface area (Å²) >= 11 is 5.89. The van der Waals surface area contributed by atoms with E-state index in [1.54, 1.807) is 7.11 Å². The molecule has 1 aromatic rings. The highest BCUT2D eigenvalue weighted by molar-refractivity contribution is 6.17. The molecule has 0 spiro atoms. The van der Waals surface area contributed by atoms with Gasteiger partial charge in [-0.05, 0) is 51.6 Å². The molecule has 0 fully saturated rings. The number of aryl methyl sites for hydroxylation is 2. The molecule has 1 rings (SSSR count). The van der Waals surface area contributed by atoms with E-state index in [1.165, 1.54) is 16.7 Å². The second kappa shape index (κ2) is 6.27. The van der Waals surface area contributed by atoms with E-state index in [2.05, 4.69) is 45.0 Å². The normalized spacial score (nSPS) is 12.9. The van der Waals surface area contributed by atoms with Crippen LogP contribution in [-0.2, 0) is 0 Å². The Kier molecular flexibility index (Phi) is 5.29. The van der Waals surface area contributed by atoms with Gasteiger partial charge in [0.05, 0.1) is 7.11 Å². The molecule has 1 atom stereocenters. The Bertz CT molecular complexity index is 377. The van der Waals surface area contributed by atoms with Gasteiger partial charge in [0.25, 0.3) is 0 Å². The molecule has 17 heavy (non-hydrogen) atoms. The smallest absolute Gasteiger partial charge is 0.123 e. The number of hydrogen-bond acceptors (Lipinski definition) is 2. The zero-order chi connectivity index (χ0) is 13.0. The predicted octanol–water partition coefficient (Wildman–Crippen LogP) is 3.54. The highest BCUT2D eigenvalue weighted by Gasteiger charge is 2.18. The molecular formula is C14H22ClNO. The number of ether oxygens (including phenoxy) is 1. The highest BCUT2D eigenvalue weighted by atomic mass is 35.5. The number of nitrogens with zero attached hydrogens (tertiary/aromatic N) is 1. The van der Waals surface area contributed by atoms with Crippen LogP contribution in [0.25, 0.3) is 0 Å². The second-order valence-corrected chi connectivity index (χ2v) is 5.01. The third-order valence-electron chi connectivity index (χ3n) is 3.21. The summed E-state index contributed by atoms with van der Waals surface area (Å²) in [4.78, 5) is 2.19. The number of methoxy groups -OCH3 is 1. The Morgan fingerprint density at radius 3 is 2.29 bits per heavy atom. The van der Waals surface area contributed by atoms with Crippen molar-refractivity contribution in [2.24, 2.45) is 0 Å². The summed E-state index contributed by atoms with van der Waals surface area (Å²) in [6, 6.07) is 4.63. The van der Waals surface area contributed by atoms with E-state index in [0.29, 0.717) is 11.9 Å². The number of hydrogen-bond donors (Lipinski definition) is 0. The molecule has 96 valence electrons. The number of alkyl halides is 1. The summed E-state index contributed by atoms with van der Waals surface area (Å²) < 4.78 is 5.49. The van der Waals surface area contributed by atoms with Gasteiger partial charge in [0.1, 0.15) is 5.75 Å². The molecule has 0 aliphatic rings. The molecule has 3 heteroatoms. The Morgan fingerprint density at radius 1 is 1.24 bits per heavy atom. The SMILES string of the molecule is COc1cc(C)c(C)cc1C(CCCl)N(C)C. The molecule has 0 saturated carbocycles. The minimum absolute atomic E-state index is 0.307. The van der Waals surface area contributed by atoms with E-state index < -0.39 is 0 Å². The molecular weight excluding hydrogens is 234 g/mol. The van der Waals surface area contributed by atoms with Crippen molar-refractivity contribution in [3.63, 3.8) is 0 Å². The van der Waals surface area contributed by atoms with Crippen LogP contribution < -0.4 is 4.74 Å². The first-order valence-corrected chi connectivity index (χ1v) is 6.42. The average molecular weight is 256 g/mol. The van der Waals surface area contributed by atoms with E-state index in [0.717, 1.165) is 12.2 Å². The van der Waals surface area contributed by atoms with Gasteiger partial charge in [-0.2, -0.15) is 0 Å². The molecule has 0 heterocycles. The fourth-order valence-corrected chi connectivity index (χ4v) is 2.25. The number of halogens is 1. The zero-order valence-corrected chi connectivity index (χ0v) is 12.1. The van der Waals surface area contributed by atoms with Crippen LogP contribution in [0.1, 0.15) is 29.2 Å². The predicted molar refractivity (Wildman–Crippen MR) is 74.2 cm³/mol. The van der Waals surface area contributed by atoms with Crippen molar-refractivity contribution in [1.29, 1.82) is 0 Å². The molecule has 0 aromatic heterocycles. The number of rotatable bonds is 5. The topological polar surface area (TPSA) is 12.5 Å².